The zero-order chi connectivity index (χ0) is 16.7. The smallest absolute Gasteiger partial charge is 0.219 e. The molecule has 0 aliphatic heterocycles. The first-order valence-corrected chi connectivity index (χ1v) is 7.90. The van der Waals surface area contributed by atoms with Gasteiger partial charge in [0.1, 0.15) is 0 Å². The Labute approximate surface area is 138 Å². The predicted molar refractivity (Wildman–Crippen MR) is 97.4 cm³/mol. The number of rotatable bonds is 8. The summed E-state index contributed by atoms with van der Waals surface area (Å²) < 4.78 is 0. The first-order chi connectivity index (χ1) is 11.2. The molecule has 1 aromatic heterocycles. The van der Waals surface area contributed by atoms with Crippen LogP contribution in [0.5, 0.6) is 0 Å². The largest absolute Gasteiger partial charge is 0.361 e. The molecule has 1 heterocycles. The van der Waals surface area contributed by atoms with E-state index in [0.717, 1.165) is 30.5 Å². The van der Waals surface area contributed by atoms with Gasteiger partial charge in [-0.25, -0.2) is 0 Å². The SMILES string of the molecule is C=C/C=C(\C=C)CN(CCCc1c[nH]c2ccccc12)C(C)=O. The molecule has 0 fully saturated rings. The van der Waals surface area contributed by atoms with Gasteiger partial charge in [0, 0.05) is 37.1 Å². The van der Waals surface area contributed by atoms with Crippen LogP contribution in [0.25, 0.3) is 10.9 Å². The highest BCUT2D eigenvalue weighted by atomic mass is 16.2. The van der Waals surface area contributed by atoms with Gasteiger partial charge in [-0.2, -0.15) is 0 Å². The molecule has 2 rings (SSSR count). The van der Waals surface area contributed by atoms with Gasteiger partial charge in [-0.3, -0.25) is 4.79 Å². The average Bonchev–Trinajstić information content (AvgIpc) is 2.96. The van der Waals surface area contributed by atoms with Gasteiger partial charge in [0.05, 0.1) is 0 Å². The van der Waals surface area contributed by atoms with Crippen molar-refractivity contribution >= 4 is 16.8 Å². The number of aromatic amines is 1. The lowest BCUT2D eigenvalue weighted by Crippen LogP contribution is -2.31. The van der Waals surface area contributed by atoms with Crippen molar-refractivity contribution in [2.24, 2.45) is 0 Å². The van der Waals surface area contributed by atoms with E-state index in [1.807, 2.05) is 17.0 Å². The number of hydrogen-bond acceptors (Lipinski definition) is 1. The van der Waals surface area contributed by atoms with Gasteiger partial charge in [-0.05, 0) is 30.0 Å². The van der Waals surface area contributed by atoms with Gasteiger partial charge in [0.2, 0.25) is 5.91 Å². The standard InChI is InChI=1S/C20H24N2O/c1-4-9-17(5-2)15-22(16(3)23)13-8-10-18-14-21-20-12-7-6-11-19(18)20/h4-7,9,11-12,14,21H,1-2,8,10,13,15H2,3H3/b17-9+. The van der Waals surface area contributed by atoms with E-state index in [-0.39, 0.29) is 5.91 Å². The highest BCUT2D eigenvalue weighted by Crippen LogP contribution is 2.19. The van der Waals surface area contributed by atoms with E-state index in [9.17, 15) is 4.79 Å². The van der Waals surface area contributed by atoms with E-state index < -0.39 is 0 Å². The third-order valence-corrected chi connectivity index (χ3v) is 3.96. The summed E-state index contributed by atoms with van der Waals surface area (Å²) in [6.45, 7) is 10.4. The van der Waals surface area contributed by atoms with Crippen molar-refractivity contribution in [1.29, 1.82) is 0 Å². The Morgan fingerprint density at radius 1 is 1.30 bits per heavy atom. The Morgan fingerprint density at radius 2 is 2.09 bits per heavy atom. The molecule has 23 heavy (non-hydrogen) atoms. The van der Waals surface area contributed by atoms with E-state index in [0.29, 0.717) is 6.54 Å². The van der Waals surface area contributed by atoms with Crippen LogP contribution < -0.4 is 0 Å². The zero-order valence-electron chi connectivity index (χ0n) is 13.7. The second-order valence-corrected chi connectivity index (χ2v) is 5.59. The number of carbonyl (C=O) groups is 1. The number of nitrogens with one attached hydrogen (secondary N) is 1. The lowest BCUT2D eigenvalue weighted by molar-refractivity contribution is -0.128. The first-order valence-electron chi connectivity index (χ1n) is 7.90. The van der Waals surface area contributed by atoms with Gasteiger partial charge in [0.25, 0.3) is 0 Å². The number of amides is 1. The van der Waals surface area contributed by atoms with Crippen molar-refractivity contribution < 1.29 is 4.79 Å². The average molecular weight is 308 g/mol. The van der Waals surface area contributed by atoms with Crippen LogP contribution in [-0.4, -0.2) is 28.9 Å². The van der Waals surface area contributed by atoms with Crippen LogP contribution in [0.3, 0.4) is 0 Å². The van der Waals surface area contributed by atoms with E-state index in [2.05, 4.69) is 42.5 Å². The zero-order valence-corrected chi connectivity index (χ0v) is 13.7. The number of fused-ring (bicyclic) bond motifs is 1. The number of H-pyrrole nitrogens is 1. The molecule has 0 saturated heterocycles. The molecule has 0 bridgehead atoms. The summed E-state index contributed by atoms with van der Waals surface area (Å²) >= 11 is 0. The van der Waals surface area contributed by atoms with Gasteiger partial charge in [-0.1, -0.05) is 49.6 Å². The van der Waals surface area contributed by atoms with Gasteiger partial charge in [0.15, 0.2) is 0 Å². The third kappa shape index (κ3) is 4.46. The predicted octanol–water partition coefficient (Wildman–Crippen LogP) is 4.25. The molecule has 120 valence electrons. The van der Waals surface area contributed by atoms with E-state index >= 15 is 0 Å². The Balaban J connectivity index is 1.96. The van der Waals surface area contributed by atoms with Gasteiger partial charge in [-0.15, -0.1) is 0 Å². The van der Waals surface area contributed by atoms with Crippen LogP contribution >= 0.6 is 0 Å². The number of benzene rings is 1. The number of carbonyl (C=O) groups excluding carboxylic acids is 1. The quantitative estimate of drug-likeness (QED) is 0.727. The number of aryl methyl sites for hydroxylation is 1. The summed E-state index contributed by atoms with van der Waals surface area (Å²) in [6, 6.07) is 8.30. The molecule has 1 N–H and O–H groups in total. The fourth-order valence-electron chi connectivity index (χ4n) is 2.70. The Bertz CT molecular complexity index is 724. The number of nitrogens with zero attached hydrogens (tertiary/aromatic N) is 1. The molecule has 3 heteroatoms. The van der Waals surface area contributed by atoms with Crippen LogP contribution in [0.2, 0.25) is 0 Å². The maximum Gasteiger partial charge on any atom is 0.219 e. The van der Waals surface area contributed by atoms with E-state index in [1.165, 1.54) is 10.9 Å². The summed E-state index contributed by atoms with van der Waals surface area (Å²) in [5.74, 6) is 0.0840. The Kier molecular flexibility index (Phi) is 5.98. The number of aromatic nitrogens is 1. The number of allylic oxidation sites excluding steroid dienone is 2. The lowest BCUT2D eigenvalue weighted by atomic mass is 10.1. The van der Waals surface area contributed by atoms with Crippen molar-refractivity contribution in [3.63, 3.8) is 0 Å². The first kappa shape index (κ1) is 16.8. The molecule has 0 unspecified atom stereocenters. The molecule has 3 nitrogen and oxygen atoms in total. The Morgan fingerprint density at radius 3 is 2.78 bits per heavy atom. The van der Waals surface area contributed by atoms with Crippen LogP contribution in [-0.2, 0) is 11.2 Å². The third-order valence-electron chi connectivity index (χ3n) is 3.96. The second kappa shape index (κ2) is 8.18. The van der Waals surface area contributed by atoms with Crippen molar-refractivity contribution in [3.05, 3.63) is 73.0 Å². The minimum atomic E-state index is 0.0840. The monoisotopic (exact) mass is 308 g/mol. The van der Waals surface area contributed by atoms with Crippen molar-refractivity contribution in [2.45, 2.75) is 19.8 Å². The molecule has 0 aliphatic rings. The van der Waals surface area contributed by atoms with Crippen molar-refractivity contribution in [2.75, 3.05) is 13.1 Å². The highest BCUT2D eigenvalue weighted by molar-refractivity contribution is 5.83. The molecule has 0 spiro atoms. The minimum absolute atomic E-state index is 0.0840. The fraction of sp³-hybridized carbons (Fsp3) is 0.250. The molecular formula is C20H24N2O. The highest BCUT2D eigenvalue weighted by Gasteiger charge is 2.10. The maximum absolute atomic E-state index is 11.8. The van der Waals surface area contributed by atoms with E-state index in [4.69, 9.17) is 0 Å². The van der Waals surface area contributed by atoms with Crippen LogP contribution in [0.4, 0.5) is 0 Å². The number of hydrogen-bond donors (Lipinski definition) is 1. The lowest BCUT2D eigenvalue weighted by Gasteiger charge is -2.21. The summed E-state index contributed by atoms with van der Waals surface area (Å²) in [4.78, 5) is 17.0. The molecule has 0 radical (unpaired) electrons. The van der Waals surface area contributed by atoms with Crippen LogP contribution in [0, 0.1) is 0 Å². The van der Waals surface area contributed by atoms with E-state index in [1.54, 1.807) is 19.1 Å². The summed E-state index contributed by atoms with van der Waals surface area (Å²) in [7, 11) is 0. The molecule has 0 atom stereocenters. The molecule has 2 aromatic rings. The minimum Gasteiger partial charge on any atom is -0.361 e. The summed E-state index contributed by atoms with van der Waals surface area (Å²) in [6.07, 6.45) is 9.33. The fourth-order valence-corrected chi connectivity index (χ4v) is 2.70. The summed E-state index contributed by atoms with van der Waals surface area (Å²) in [5.41, 5.74) is 3.46. The maximum atomic E-state index is 11.8. The molecule has 0 saturated carbocycles. The van der Waals surface area contributed by atoms with Gasteiger partial charge < -0.3 is 9.88 Å². The topological polar surface area (TPSA) is 36.1 Å². The Hall–Kier alpha value is -2.55. The number of para-hydroxylation sites is 1. The molecule has 1 amide bonds. The van der Waals surface area contributed by atoms with Crippen LogP contribution in [0.15, 0.2) is 67.4 Å². The van der Waals surface area contributed by atoms with Crippen molar-refractivity contribution in [1.82, 2.24) is 9.88 Å². The van der Waals surface area contributed by atoms with Crippen LogP contribution in [0.1, 0.15) is 18.9 Å². The normalized spacial score (nSPS) is 11.4. The summed E-state index contributed by atoms with van der Waals surface area (Å²) in [5, 5.41) is 1.26. The van der Waals surface area contributed by atoms with Crippen molar-refractivity contribution in [3.8, 4) is 0 Å². The molecule has 0 aliphatic carbocycles. The second-order valence-electron chi connectivity index (χ2n) is 5.59. The molecule has 1 aromatic carbocycles. The molecular weight excluding hydrogens is 284 g/mol. The van der Waals surface area contributed by atoms with Gasteiger partial charge >= 0.3 is 0 Å².